The minimum Gasteiger partial charge on any atom is -0.338 e. The second-order valence-corrected chi connectivity index (χ2v) is 7.65. The number of anilines is 1. The Morgan fingerprint density at radius 1 is 0.935 bits per heavy atom. The van der Waals surface area contributed by atoms with Gasteiger partial charge in [0.2, 0.25) is 0 Å². The van der Waals surface area contributed by atoms with Crippen molar-refractivity contribution in [2.75, 3.05) is 5.32 Å². The number of rotatable bonds is 4. The minimum absolute atomic E-state index is 0.258. The quantitative estimate of drug-likeness (QED) is 0.356. The topological polar surface area (TPSA) is 75.6 Å². The fourth-order valence-corrected chi connectivity index (χ4v) is 3.93. The van der Waals surface area contributed by atoms with Gasteiger partial charge in [-0.2, -0.15) is 5.10 Å². The van der Waals surface area contributed by atoms with Crippen LogP contribution in [0.1, 0.15) is 10.4 Å². The first-order chi connectivity index (χ1) is 15.1. The van der Waals surface area contributed by atoms with Crippen molar-refractivity contribution in [3.05, 3.63) is 94.6 Å². The summed E-state index contributed by atoms with van der Waals surface area (Å²) in [6.07, 6.45) is 1.64. The molecule has 0 aliphatic heterocycles. The fourth-order valence-electron chi connectivity index (χ4n) is 3.35. The number of halogens is 2. The van der Waals surface area contributed by atoms with E-state index >= 15 is 0 Å². The van der Waals surface area contributed by atoms with Crippen molar-refractivity contribution >= 4 is 46.0 Å². The maximum absolute atomic E-state index is 12.9. The van der Waals surface area contributed by atoms with Crippen LogP contribution in [0.4, 0.5) is 5.82 Å². The molecule has 8 heteroatoms. The van der Waals surface area contributed by atoms with Crippen LogP contribution in [0, 0.1) is 0 Å². The number of H-pyrrole nitrogens is 1. The highest BCUT2D eigenvalue weighted by Crippen LogP contribution is 2.34. The normalized spacial score (nSPS) is 11.0. The fraction of sp³-hybridized carbons (Fsp3) is 0. The molecule has 0 radical (unpaired) electrons. The van der Waals surface area contributed by atoms with E-state index in [1.165, 1.54) is 0 Å². The lowest BCUT2D eigenvalue weighted by atomic mass is 10.2. The van der Waals surface area contributed by atoms with Crippen LogP contribution in [0.2, 0.25) is 10.0 Å². The highest BCUT2D eigenvalue weighted by Gasteiger charge is 2.15. The highest BCUT2D eigenvalue weighted by molar-refractivity contribution is 6.39. The number of hydrogen-bond acceptors (Lipinski definition) is 3. The lowest BCUT2D eigenvalue weighted by molar-refractivity contribution is 0.102. The minimum atomic E-state index is -0.258. The first-order valence-corrected chi connectivity index (χ1v) is 10.2. The van der Waals surface area contributed by atoms with E-state index in [4.69, 9.17) is 23.2 Å². The lowest BCUT2D eigenvalue weighted by Crippen LogP contribution is -2.15. The summed E-state index contributed by atoms with van der Waals surface area (Å²) in [5.74, 6) is 0.862. The van der Waals surface area contributed by atoms with Crippen LogP contribution < -0.4 is 5.32 Å². The van der Waals surface area contributed by atoms with E-state index in [-0.39, 0.29) is 5.91 Å². The first-order valence-electron chi connectivity index (χ1n) is 9.45. The summed E-state index contributed by atoms with van der Waals surface area (Å²) >= 11 is 12.6. The third-order valence-corrected chi connectivity index (χ3v) is 5.46. The number of nitrogens with one attached hydrogen (secondary N) is 2. The van der Waals surface area contributed by atoms with Crippen LogP contribution in [0.5, 0.6) is 0 Å². The molecular weight excluding hydrogens is 433 g/mol. The average Bonchev–Trinajstić information content (AvgIpc) is 3.40. The molecule has 152 valence electrons. The summed E-state index contributed by atoms with van der Waals surface area (Å²) in [5, 5.41) is 8.21. The molecule has 0 saturated heterocycles. The molecule has 0 bridgehead atoms. The van der Waals surface area contributed by atoms with Gasteiger partial charge < -0.3 is 10.3 Å². The molecule has 0 fully saturated rings. The first kappa shape index (κ1) is 19.4. The van der Waals surface area contributed by atoms with Crippen LogP contribution in [0.25, 0.3) is 28.1 Å². The van der Waals surface area contributed by atoms with Gasteiger partial charge in [0.15, 0.2) is 0 Å². The molecule has 2 heterocycles. The zero-order valence-corrected chi connectivity index (χ0v) is 17.5. The Morgan fingerprint density at radius 2 is 1.71 bits per heavy atom. The number of aromatic amines is 1. The van der Waals surface area contributed by atoms with Crippen LogP contribution in [-0.2, 0) is 0 Å². The Labute approximate surface area is 187 Å². The molecule has 2 aromatic heterocycles. The summed E-state index contributed by atoms with van der Waals surface area (Å²) in [4.78, 5) is 20.7. The van der Waals surface area contributed by atoms with Gasteiger partial charge in [-0.05, 0) is 42.5 Å². The van der Waals surface area contributed by atoms with Gasteiger partial charge in [0.05, 0.1) is 38.5 Å². The van der Waals surface area contributed by atoms with E-state index in [2.05, 4.69) is 20.4 Å². The van der Waals surface area contributed by atoms with Crippen molar-refractivity contribution in [3.63, 3.8) is 0 Å². The van der Waals surface area contributed by atoms with E-state index in [0.717, 1.165) is 5.69 Å². The molecule has 3 aromatic carbocycles. The average molecular weight is 448 g/mol. The van der Waals surface area contributed by atoms with Crippen molar-refractivity contribution in [3.8, 4) is 17.1 Å². The molecular formula is C23H15Cl2N5O. The van der Waals surface area contributed by atoms with Crippen LogP contribution in [-0.4, -0.2) is 25.7 Å². The number of carbonyl (C=O) groups is 1. The molecule has 0 unspecified atom stereocenters. The van der Waals surface area contributed by atoms with E-state index < -0.39 is 0 Å². The number of amides is 1. The molecule has 0 aliphatic rings. The standard InChI is InChI=1S/C23H15Cl2N5O/c24-16-7-4-8-17(25)21(16)22-27-18-10-9-14(13-19(18)28-22)23(31)29-20-11-12-26-30(20)15-5-2-1-3-6-15/h1-13H,(H,27,28)(H,29,31). The van der Waals surface area contributed by atoms with Crippen LogP contribution >= 0.6 is 23.2 Å². The van der Waals surface area contributed by atoms with Gasteiger partial charge in [-0.1, -0.05) is 47.5 Å². The van der Waals surface area contributed by atoms with Gasteiger partial charge in [0.1, 0.15) is 11.6 Å². The predicted octanol–water partition coefficient (Wildman–Crippen LogP) is 5.97. The summed E-state index contributed by atoms with van der Waals surface area (Å²) in [7, 11) is 0. The lowest BCUT2D eigenvalue weighted by Gasteiger charge is -2.09. The molecule has 5 aromatic rings. The van der Waals surface area contributed by atoms with Crippen LogP contribution in [0.15, 0.2) is 79.0 Å². The number of para-hydroxylation sites is 1. The maximum Gasteiger partial charge on any atom is 0.256 e. The smallest absolute Gasteiger partial charge is 0.256 e. The van der Waals surface area contributed by atoms with Gasteiger partial charge in [-0.25, -0.2) is 9.67 Å². The SMILES string of the molecule is O=C(Nc1ccnn1-c1ccccc1)c1ccc2nc(-c3c(Cl)cccc3Cl)[nH]c2c1. The van der Waals surface area contributed by atoms with Gasteiger partial charge in [0, 0.05) is 11.6 Å². The van der Waals surface area contributed by atoms with Crippen molar-refractivity contribution in [2.24, 2.45) is 0 Å². The molecule has 6 nitrogen and oxygen atoms in total. The zero-order valence-electron chi connectivity index (χ0n) is 16.0. The van der Waals surface area contributed by atoms with Crippen molar-refractivity contribution in [2.45, 2.75) is 0 Å². The van der Waals surface area contributed by atoms with Crippen molar-refractivity contribution in [1.82, 2.24) is 19.7 Å². The Kier molecular flexibility index (Phi) is 4.94. The number of benzene rings is 3. The van der Waals surface area contributed by atoms with Crippen LogP contribution in [0.3, 0.4) is 0 Å². The van der Waals surface area contributed by atoms with Gasteiger partial charge >= 0.3 is 0 Å². The third-order valence-electron chi connectivity index (χ3n) is 4.83. The van der Waals surface area contributed by atoms with Crippen molar-refractivity contribution in [1.29, 1.82) is 0 Å². The molecule has 2 N–H and O–H groups in total. The van der Waals surface area contributed by atoms with E-state index in [0.29, 0.717) is 43.8 Å². The van der Waals surface area contributed by atoms with E-state index in [1.54, 1.807) is 53.3 Å². The molecule has 5 rings (SSSR count). The Balaban J connectivity index is 1.45. The van der Waals surface area contributed by atoms with Gasteiger partial charge in [-0.3, -0.25) is 4.79 Å². The largest absolute Gasteiger partial charge is 0.338 e. The Bertz CT molecular complexity index is 1390. The van der Waals surface area contributed by atoms with E-state index in [9.17, 15) is 4.79 Å². The van der Waals surface area contributed by atoms with E-state index in [1.807, 2.05) is 30.3 Å². The second-order valence-electron chi connectivity index (χ2n) is 6.83. The zero-order chi connectivity index (χ0) is 21.4. The summed E-state index contributed by atoms with van der Waals surface area (Å²) in [6.45, 7) is 0. The molecule has 0 aliphatic carbocycles. The Hall–Kier alpha value is -3.61. The number of hydrogen-bond donors (Lipinski definition) is 2. The Morgan fingerprint density at radius 3 is 2.48 bits per heavy atom. The highest BCUT2D eigenvalue weighted by atomic mass is 35.5. The third kappa shape index (κ3) is 3.67. The summed E-state index contributed by atoms with van der Waals surface area (Å²) in [5.41, 5.74) is 3.37. The number of imidazole rings is 1. The molecule has 31 heavy (non-hydrogen) atoms. The van der Waals surface area contributed by atoms with Gasteiger partial charge in [0.25, 0.3) is 5.91 Å². The monoisotopic (exact) mass is 447 g/mol. The number of nitrogens with zero attached hydrogens (tertiary/aromatic N) is 3. The number of carbonyl (C=O) groups excluding carboxylic acids is 1. The second kappa shape index (κ2) is 7.91. The molecule has 0 atom stereocenters. The number of fused-ring (bicyclic) bond motifs is 1. The van der Waals surface area contributed by atoms with Gasteiger partial charge in [-0.15, -0.1) is 0 Å². The summed E-state index contributed by atoms with van der Waals surface area (Å²) < 4.78 is 1.67. The van der Waals surface area contributed by atoms with Crippen molar-refractivity contribution < 1.29 is 4.79 Å². The maximum atomic E-state index is 12.9. The molecule has 0 saturated carbocycles. The molecule has 1 amide bonds. The summed E-state index contributed by atoms with van der Waals surface area (Å²) in [6, 6.07) is 21.9. The predicted molar refractivity (Wildman–Crippen MR) is 123 cm³/mol. The number of aromatic nitrogens is 4. The molecule has 0 spiro atoms.